The van der Waals surface area contributed by atoms with Gasteiger partial charge in [0.15, 0.2) is 0 Å². The summed E-state index contributed by atoms with van der Waals surface area (Å²) in [6.07, 6.45) is 0.313. The van der Waals surface area contributed by atoms with Gasteiger partial charge in [0, 0.05) is 30.2 Å². The predicted molar refractivity (Wildman–Crippen MR) is 95.1 cm³/mol. The van der Waals surface area contributed by atoms with E-state index in [2.05, 4.69) is 10.4 Å². The first kappa shape index (κ1) is 17.5. The van der Waals surface area contributed by atoms with Crippen LogP contribution in [0.1, 0.15) is 23.4 Å². The first-order chi connectivity index (χ1) is 11.9. The van der Waals surface area contributed by atoms with E-state index in [0.29, 0.717) is 24.5 Å². The molecule has 1 fully saturated rings. The Kier molecular flexibility index (Phi) is 5.08. The molecule has 2 aromatic rings. The summed E-state index contributed by atoms with van der Waals surface area (Å²) in [7, 11) is 0. The molecule has 1 saturated heterocycles. The Morgan fingerprint density at radius 3 is 2.80 bits per heavy atom. The van der Waals surface area contributed by atoms with Gasteiger partial charge in [-0.3, -0.25) is 14.3 Å². The Balaban J connectivity index is 1.56. The van der Waals surface area contributed by atoms with Crippen LogP contribution in [0.4, 0.5) is 0 Å². The average Bonchev–Trinajstić information content (AvgIpc) is 3.03. The van der Waals surface area contributed by atoms with Crippen LogP contribution >= 0.6 is 11.6 Å². The molecular formula is C18H21ClN4O2. The first-order valence-corrected chi connectivity index (χ1v) is 8.62. The van der Waals surface area contributed by atoms with E-state index < -0.39 is 0 Å². The summed E-state index contributed by atoms with van der Waals surface area (Å²) in [5, 5.41) is 7.86. The average molecular weight is 361 g/mol. The number of carbonyl (C=O) groups excluding carboxylic acids is 2. The molecule has 1 aromatic carbocycles. The number of aromatic nitrogens is 2. The van der Waals surface area contributed by atoms with Crippen LogP contribution in [0, 0.1) is 13.8 Å². The van der Waals surface area contributed by atoms with Gasteiger partial charge in [-0.15, -0.1) is 0 Å². The van der Waals surface area contributed by atoms with Gasteiger partial charge in [0.1, 0.15) is 6.54 Å². The number of aryl methyl sites for hydroxylation is 2. The lowest BCUT2D eigenvalue weighted by Gasteiger charge is -2.18. The van der Waals surface area contributed by atoms with Crippen LogP contribution in [0.5, 0.6) is 0 Å². The van der Waals surface area contributed by atoms with Gasteiger partial charge in [0.05, 0.1) is 11.7 Å². The zero-order chi connectivity index (χ0) is 18.0. The number of nitrogens with zero attached hydrogens (tertiary/aromatic N) is 3. The lowest BCUT2D eigenvalue weighted by molar-refractivity contribution is -0.128. The molecule has 7 heteroatoms. The van der Waals surface area contributed by atoms with Crippen molar-refractivity contribution < 1.29 is 9.59 Å². The van der Waals surface area contributed by atoms with Crippen molar-refractivity contribution in [1.82, 2.24) is 20.0 Å². The molecule has 0 radical (unpaired) electrons. The van der Waals surface area contributed by atoms with E-state index in [-0.39, 0.29) is 24.4 Å². The third-order valence-electron chi connectivity index (χ3n) is 4.30. The van der Waals surface area contributed by atoms with Crippen molar-refractivity contribution in [3.8, 4) is 0 Å². The predicted octanol–water partition coefficient (Wildman–Crippen LogP) is 2.07. The van der Waals surface area contributed by atoms with Gasteiger partial charge in [0.2, 0.25) is 11.8 Å². The quantitative estimate of drug-likeness (QED) is 0.887. The van der Waals surface area contributed by atoms with Gasteiger partial charge in [-0.25, -0.2) is 0 Å². The summed E-state index contributed by atoms with van der Waals surface area (Å²) in [6, 6.07) is 9.22. The molecule has 6 nitrogen and oxygen atoms in total. The molecule has 0 aliphatic carbocycles. The van der Waals surface area contributed by atoms with E-state index in [9.17, 15) is 9.59 Å². The number of nitrogens with one attached hydrogen (secondary N) is 1. The summed E-state index contributed by atoms with van der Waals surface area (Å²) >= 11 is 6.16. The third-order valence-corrected chi connectivity index (χ3v) is 4.66. The highest BCUT2D eigenvalue weighted by molar-refractivity contribution is 6.31. The van der Waals surface area contributed by atoms with E-state index in [1.165, 1.54) is 0 Å². The number of hydrogen-bond acceptors (Lipinski definition) is 3. The summed E-state index contributed by atoms with van der Waals surface area (Å²) < 4.78 is 1.67. The minimum atomic E-state index is -0.181. The highest BCUT2D eigenvalue weighted by atomic mass is 35.5. The van der Waals surface area contributed by atoms with Gasteiger partial charge in [-0.1, -0.05) is 29.8 Å². The molecule has 2 amide bonds. The van der Waals surface area contributed by atoms with Gasteiger partial charge in [-0.05, 0) is 31.5 Å². The Hall–Kier alpha value is -2.34. The lowest BCUT2D eigenvalue weighted by Crippen LogP contribution is -2.39. The molecule has 0 saturated carbocycles. The second kappa shape index (κ2) is 7.27. The fourth-order valence-corrected chi connectivity index (χ4v) is 3.29. The normalized spacial score (nSPS) is 17.2. The van der Waals surface area contributed by atoms with Crippen LogP contribution in [-0.4, -0.2) is 39.1 Å². The van der Waals surface area contributed by atoms with Crippen molar-refractivity contribution in [2.75, 3.05) is 6.54 Å². The maximum absolute atomic E-state index is 12.2. The molecule has 1 atom stereocenters. The molecule has 2 heterocycles. The van der Waals surface area contributed by atoms with Crippen molar-refractivity contribution in [3.63, 3.8) is 0 Å². The summed E-state index contributed by atoms with van der Waals surface area (Å²) in [5.74, 6) is -0.111. The first-order valence-electron chi connectivity index (χ1n) is 8.24. The van der Waals surface area contributed by atoms with Gasteiger partial charge in [-0.2, -0.15) is 5.10 Å². The summed E-state index contributed by atoms with van der Waals surface area (Å²) in [6.45, 7) is 4.92. The van der Waals surface area contributed by atoms with Crippen LogP contribution in [0.15, 0.2) is 30.3 Å². The molecule has 0 bridgehead atoms. The van der Waals surface area contributed by atoms with E-state index in [1.54, 1.807) is 9.58 Å². The van der Waals surface area contributed by atoms with Crippen LogP contribution in [0.25, 0.3) is 0 Å². The molecule has 0 spiro atoms. The number of likely N-dealkylation sites (tertiary alicyclic amines) is 1. The zero-order valence-corrected chi connectivity index (χ0v) is 15.1. The van der Waals surface area contributed by atoms with Crippen molar-refractivity contribution in [3.05, 3.63) is 52.3 Å². The largest absolute Gasteiger partial charge is 0.349 e. The number of amides is 2. The maximum atomic E-state index is 12.2. The Morgan fingerprint density at radius 1 is 1.36 bits per heavy atom. The van der Waals surface area contributed by atoms with Crippen molar-refractivity contribution in [1.29, 1.82) is 0 Å². The minimum Gasteiger partial charge on any atom is -0.349 e. The Bertz CT molecular complexity index is 802. The van der Waals surface area contributed by atoms with E-state index >= 15 is 0 Å². The lowest BCUT2D eigenvalue weighted by atomic mass is 10.2. The maximum Gasteiger partial charge on any atom is 0.242 e. The topological polar surface area (TPSA) is 67.2 Å². The van der Waals surface area contributed by atoms with Crippen LogP contribution < -0.4 is 5.32 Å². The van der Waals surface area contributed by atoms with Crippen molar-refractivity contribution in [2.24, 2.45) is 0 Å². The van der Waals surface area contributed by atoms with Crippen molar-refractivity contribution in [2.45, 2.75) is 39.4 Å². The summed E-state index contributed by atoms with van der Waals surface area (Å²) in [5.41, 5.74) is 2.73. The van der Waals surface area contributed by atoms with E-state index in [4.69, 9.17) is 11.6 Å². The van der Waals surface area contributed by atoms with Gasteiger partial charge < -0.3 is 10.2 Å². The third kappa shape index (κ3) is 4.20. The molecular weight excluding hydrogens is 340 g/mol. The standard InChI is InChI=1S/C18H21ClN4O2/c1-12-7-13(2)23(21-12)11-17(24)20-15-8-18(25)22(10-15)9-14-5-3-4-6-16(14)19/h3-7,15H,8-11H2,1-2H3,(H,20,24)/t15-/m1/s1. The fourth-order valence-electron chi connectivity index (χ4n) is 3.10. The molecule has 1 aromatic heterocycles. The summed E-state index contributed by atoms with van der Waals surface area (Å²) in [4.78, 5) is 26.2. The van der Waals surface area contributed by atoms with Crippen LogP contribution in [-0.2, 0) is 22.7 Å². The minimum absolute atomic E-state index is 0.0244. The van der Waals surface area contributed by atoms with E-state index in [1.807, 2.05) is 44.2 Å². The van der Waals surface area contributed by atoms with Gasteiger partial charge in [0.25, 0.3) is 0 Å². The van der Waals surface area contributed by atoms with E-state index in [0.717, 1.165) is 17.0 Å². The zero-order valence-electron chi connectivity index (χ0n) is 14.3. The number of hydrogen-bond donors (Lipinski definition) is 1. The SMILES string of the molecule is Cc1cc(C)n(CC(=O)N[C@@H]2CC(=O)N(Cc3ccccc3Cl)C2)n1. The second-order valence-corrected chi connectivity index (χ2v) is 6.83. The second-order valence-electron chi connectivity index (χ2n) is 6.42. The number of carbonyl (C=O) groups is 2. The molecule has 3 rings (SSSR count). The Morgan fingerprint density at radius 2 is 2.12 bits per heavy atom. The molecule has 132 valence electrons. The molecule has 1 aliphatic heterocycles. The highest BCUT2D eigenvalue weighted by Gasteiger charge is 2.30. The number of rotatable bonds is 5. The van der Waals surface area contributed by atoms with Crippen molar-refractivity contribution >= 4 is 23.4 Å². The monoisotopic (exact) mass is 360 g/mol. The Labute approximate surface area is 151 Å². The fraction of sp³-hybridized carbons (Fsp3) is 0.389. The highest BCUT2D eigenvalue weighted by Crippen LogP contribution is 2.20. The molecule has 0 unspecified atom stereocenters. The van der Waals surface area contributed by atoms with Gasteiger partial charge >= 0.3 is 0 Å². The molecule has 1 N–H and O–H groups in total. The number of halogens is 1. The number of benzene rings is 1. The molecule has 1 aliphatic rings. The smallest absolute Gasteiger partial charge is 0.242 e. The molecule has 25 heavy (non-hydrogen) atoms. The van der Waals surface area contributed by atoms with Crippen LogP contribution in [0.2, 0.25) is 5.02 Å². The van der Waals surface area contributed by atoms with Crippen LogP contribution in [0.3, 0.4) is 0 Å².